The van der Waals surface area contributed by atoms with Gasteiger partial charge in [-0.2, -0.15) is 10.1 Å². The maximum absolute atomic E-state index is 5.05. The van der Waals surface area contributed by atoms with Crippen LogP contribution < -0.4 is 10.1 Å². The Kier molecular flexibility index (Phi) is 3.42. The van der Waals surface area contributed by atoms with Gasteiger partial charge in [0, 0.05) is 18.0 Å². The highest BCUT2D eigenvalue weighted by Crippen LogP contribution is 2.20. The minimum absolute atomic E-state index is 0.0425. The van der Waals surface area contributed by atoms with Crippen molar-refractivity contribution in [3.8, 4) is 6.01 Å². The highest BCUT2D eigenvalue weighted by atomic mass is 16.5. The molecule has 0 saturated carbocycles. The Morgan fingerprint density at radius 3 is 2.58 bits per heavy atom. The SMILES string of the molecule is COc1nc(C)cc(Nc2cnn(C(C)(C)C)c2)n1. The third-order valence-electron chi connectivity index (χ3n) is 2.56. The van der Waals surface area contributed by atoms with Gasteiger partial charge in [-0.15, -0.1) is 0 Å². The van der Waals surface area contributed by atoms with Gasteiger partial charge in [0.1, 0.15) is 5.82 Å². The maximum Gasteiger partial charge on any atom is 0.318 e. The van der Waals surface area contributed by atoms with Crippen LogP contribution in [-0.2, 0) is 5.54 Å². The molecule has 2 heterocycles. The van der Waals surface area contributed by atoms with Gasteiger partial charge in [-0.1, -0.05) is 0 Å². The fourth-order valence-electron chi connectivity index (χ4n) is 1.60. The number of hydrogen-bond acceptors (Lipinski definition) is 5. The lowest BCUT2D eigenvalue weighted by atomic mass is 10.1. The van der Waals surface area contributed by atoms with Crippen LogP contribution >= 0.6 is 0 Å². The lowest BCUT2D eigenvalue weighted by Gasteiger charge is -2.18. The summed E-state index contributed by atoms with van der Waals surface area (Å²) in [6.07, 6.45) is 3.72. The maximum atomic E-state index is 5.05. The fourth-order valence-corrected chi connectivity index (χ4v) is 1.60. The third-order valence-corrected chi connectivity index (χ3v) is 2.56. The Morgan fingerprint density at radius 1 is 1.26 bits per heavy atom. The van der Waals surface area contributed by atoms with E-state index in [0.717, 1.165) is 11.4 Å². The minimum Gasteiger partial charge on any atom is -0.467 e. The second-order valence-corrected chi connectivity index (χ2v) is 5.35. The number of aryl methyl sites for hydroxylation is 1. The van der Waals surface area contributed by atoms with Crippen molar-refractivity contribution in [3.05, 3.63) is 24.2 Å². The molecule has 0 unspecified atom stereocenters. The van der Waals surface area contributed by atoms with E-state index in [1.807, 2.05) is 23.9 Å². The molecule has 2 rings (SSSR count). The van der Waals surface area contributed by atoms with Crippen LogP contribution in [0.4, 0.5) is 11.5 Å². The molecule has 0 bridgehead atoms. The molecule has 2 aromatic heterocycles. The highest BCUT2D eigenvalue weighted by Gasteiger charge is 2.14. The monoisotopic (exact) mass is 261 g/mol. The molecule has 0 aliphatic rings. The van der Waals surface area contributed by atoms with Crippen LogP contribution in [0.3, 0.4) is 0 Å². The number of ether oxygens (including phenoxy) is 1. The number of hydrogen-bond donors (Lipinski definition) is 1. The average Bonchev–Trinajstić information content (AvgIpc) is 2.76. The number of aromatic nitrogens is 4. The number of nitrogens with zero attached hydrogens (tertiary/aromatic N) is 4. The zero-order chi connectivity index (χ0) is 14.0. The molecule has 0 aromatic carbocycles. The smallest absolute Gasteiger partial charge is 0.318 e. The van der Waals surface area contributed by atoms with Gasteiger partial charge in [0.2, 0.25) is 0 Å². The van der Waals surface area contributed by atoms with E-state index in [-0.39, 0.29) is 5.54 Å². The summed E-state index contributed by atoms with van der Waals surface area (Å²) in [6.45, 7) is 8.19. The first-order chi connectivity index (χ1) is 8.88. The van der Waals surface area contributed by atoms with Crippen molar-refractivity contribution in [3.63, 3.8) is 0 Å². The second-order valence-electron chi connectivity index (χ2n) is 5.35. The fraction of sp³-hybridized carbons (Fsp3) is 0.462. The number of methoxy groups -OCH3 is 1. The van der Waals surface area contributed by atoms with Gasteiger partial charge in [-0.3, -0.25) is 4.68 Å². The zero-order valence-electron chi connectivity index (χ0n) is 11.9. The molecule has 2 aromatic rings. The molecule has 0 saturated heterocycles. The van der Waals surface area contributed by atoms with Gasteiger partial charge in [0.05, 0.1) is 24.5 Å². The molecule has 0 amide bonds. The van der Waals surface area contributed by atoms with Crippen molar-refractivity contribution in [2.45, 2.75) is 33.2 Å². The molecule has 0 radical (unpaired) electrons. The van der Waals surface area contributed by atoms with E-state index in [2.05, 4.69) is 41.2 Å². The van der Waals surface area contributed by atoms with Gasteiger partial charge < -0.3 is 10.1 Å². The van der Waals surface area contributed by atoms with Crippen LogP contribution in [0.2, 0.25) is 0 Å². The summed E-state index contributed by atoms with van der Waals surface area (Å²) in [4.78, 5) is 8.38. The summed E-state index contributed by atoms with van der Waals surface area (Å²) in [5.74, 6) is 0.692. The van der Waals surface area contributed by atoms with Gasteiger partial charge >= 0.3 is 6.01 Å². The molecule has 1 N–H and O–H groups in total. The molecule has 0 atom stereocenters. The van der Waals surface area contributed by atoms with Crippen LogP contribution in [0.1, 0.15) is 26.5 Å². The first-order valence-electron chi connectivity index (χ1n) is 6.10. The Balaban J connectivity index is 2.21. The molecular weight excluding hydrogens is 242 g/mol. The molecule has 0 fully saturated rings. The van der Waals surface area contributed by atoms with E-state index in [9.17, 15) is 0 Å². The van der Waals surface area contributed by atoms with Gasteiger partial charge in [0.15, 0.2) is 0 Å². The van der Waals surface area contributed by atoms with E-state index < -0.39 is 0 Å². The van der Waals surface area contributed by atoms with Gasteiger partial charge in [-0.05, 0) is 27.7 Å². The topological polar surface area (TPSA) is 64.9 Å². The Labute approximate surface area is 112 Å². The summed E-state index contributed by atoms with van der Waals surface area (Å²) >= 11 is 0. The highest BCUT2D eigenvalue weighted by molar-refractivity contribution is 5.54. The molecule has 0 aliphatic carbocycles. The average molecular weight is 261 g/mol. The van der Waals surface area contributed by atoms with Gasteiger partial charge in [0.25, 0.3) is 0 Å². The van der Waals surface area contributed by atoms with Crippen LogP contribution in [0.25, 0.3) is 0 Å². The summed E-state index contributed by atoms with van der Waals surface area (Å²) in [5.41, 5.74) is 1.69. The van der Waals surface area contributed by atoms with E-state index in [1.165, 1.54) is 0 Å². The molecule has 19 heavy (non-hydrogen) atoms. The number of rotatable bonds is 3. The molecular formula is C13H19N5O. The molecule has 0 spiro atoms. The predicted octanol–water partition coefficient (Wildman–Crippen LogP) is 2.49. The van der Waals surface area contributed by atoms with Crippen molar-refractivity contribution >= 4 is 11.5 Å². The first kappa shape index (κ1) is 13.3. The lowest BCUT2D eigenvalue weighted by Crippen LogP contribution is -2.21. The van der Waals surface area contributed by atoms with Crippen molar-refractivity contribution in [1.82, 2.24) is 19.7 Å². The third kappa shape index (κ3) is 3.21. The van der Waals surface area contributed by atoms with E-state index in [4.69, 9.17) is 4.74 Å². The van der Waals surface area contributed by atoms with Crippen molar-refractivity contribution in [2.75, 3.05) is 12.4 Å². The Hall–Kier alpha value is -2.11. The van der Waals surface area contributed by atoms with Crippen LogP contribution in [0.5, 0.6) is 6.01 Å². The Morgan fingerprint density at radius 2 is 2.00 bits per heavy atom. The van der Waals surface area contributed by atoms with E-state index >= 15 is 0 Å². The quantitative estimate of drug-likeness (QED) is 0.919. The standard InChI is InChI=1S/C13H19N5O/c1-9-6-11(17-12(15-9)19-5)16-10-7-14-18(8-10)13(2,3)4/h6-8H,1-5H3,(H,15,16,17). The van der Waals surface area contributed by atoms with Crippen LogP contribution in [-0.4, -0.2) is 26.9 Å². The largest absolute Gasteiger partial charge is 0.467 e. The zero-order valence-corrected chi connectivity index (χ0v) is 11.9. The second kappa shape index (κ2) is 4.87. The summed E-state index contributed by atoms with van der Waals surface area (Å²) < 4.78 is 6.95. The molecule has 6 heteroatoms. The summed E-state index contributed by atoms with van der Waals surface area (Å²) in [7, 11) is 1.55. The number of nitrogens with one attached hydrogen (secondary N) is 1. The molecule has 0 aliphatic heterocycles. The van der Waals surface area contributed by atoms with Crippen molar-refractivity contribution in [2.24, 2.45) is 0 Å². The first-order valence-corrected chi connectivity index (χ1v) is 6.10. The van der Waals surface area contributed by atoms with Crippen molar-refractivity contribution in [1.29, 1.82) is 0 Å². The molecule has 6 nitrogen and oxygen atoms in total. The van der Waals surface area contributed by atoms with Crippen LogP contribution in [0.15, 0.2) is 18.5 Å². The van der Waals surface area contributed by atoms with Crippen LogP contribution in [0, 0.1) is 6.92 Å². The van der Waals surface area contributed by atoms with E-state index in [0.29, 0.717) is 11.8 Å². The van der Waals surface area contributed by atoms with Gasteiger partial charge in [-0.25, -0.2) is 4.98 Å². The summed E-state index contributed by atoms with van der Waals surface area (Å²) in [5, 5.41) is 7.53. The molecule has 102 valence electrons. The normalized spacial score (nSPS) is 11.4. The summed E-state index contributed by atoms with van der Waals surface area (Å²) in [6, 6.07) is 2.21. The Bertz CT molecular complexity index is 571. The lowest BCUT2D eigenvalue weighted by molar-refractivity contribution is 0.355. The van der Waals surface area contributed by atoms with E-state index in [1.54, 1.807) is 13.3 Å². The van der Waals surface area contributed by atoms with Crippen molar-refractivity contribution < 1.29 is 4.74 Å². The predicted molar refractivity (Wildman–Crippen MR) is 73.8 cm³/mol. The number of anilines is 2. The minimum atomic E-state index is -0.0425.